The predicted molar refractivity (Wildman–Crippen MR) is 61.9 cm³/mol. The number of hydrogen-bond donors (Lipinski definition) is 0. The molecular weight excluding hydrogens is 200 g/mol. The standard InChI is InChI=1S/C14H16O2/c1-14-7-9(5-10(15)8-14)12-6-11(16-2)3-4-13(12)14/h3-4,6,9H,5,7-8H2,1-2H3/t9-,14-/m1/s1. The molecule has 2 aliphatic carbocycles. The van der Waals surface area contributed by atoms with Gasteiger partial charge < -0.3 is 4.74 Å². The van der Waals surface area contributed by atoms with E-state index in [1.165, 1.54) is 11.1 Å². The third-order valence-corrected chi connectivity index (χ3v) is 4.11. The second-order valence-corrected chi connectivity index (χ2v) is 5.33. The van der Waals surface area contributed by atoms with Crippen LogP contribution in [0, 0.1) is 0 Å². The highest BCUT2D eigenvalue weighted by molar-refractivity contribution is 5.83. The van der Waals surface area contributed by atoms with Crippen molar-refractivity contribution in [1.82, 2.24) is 0 Å². The number of ketones is 1. The number of benzene rings is 1. The molecule has 2 heteroatoms. The van der Waals surface area contributed by atoms with Crippen LogP contribution in [0.2, 0.25) is 0 Å². The summed E-state index contributed by atoms with van der Waals surface area (Å²) in [6.07, 6.45) is 2.56. The van der Waals surface area contributed by atoms with Gasteiger partial charge in [-0.3, -0.25) is 4.79 Å². The first-order valence-electron chi connectivity index (χ1n) is 5.82. The Balaban J connectivity index is 2.14. The first-order chi connectivity index (χ1) is 7.62. The maximum atomic E-state index is 11.7. The van der Waals surface area contributed by atoms with Crippen LogP contribution < -0.4 is 4.74 Å². The van der Waals surface area contributed by atoms with Gasteiger partial charge in [-0.15, -0.1) is 0 Å². The number of fused-ring (bicyclic) bond motifs is 5. The van der Waals surface area contributed by atoms with E-state index in [1.807, 2.05) is 6.07 Å². The summed E-state index contributed by atoms with van der Waals surface area (Å²) in [6.45, 7) is 2.22. The number of methoxy groups -OCH3 is 1. The van der Waals surface area contributed by atoms with Gasteiger partial charge in [0.05, 0.1) is 7.11 Å². The van der Waals surface area contributed by atoms with E-state index in [0.29, 0.717) is 18.1 Å². The average molecular weight is 216 g/mol. The minimum Gasteiger partial charge on any atom is -0.497 e. The number of hydrogen-bond acceptors (Lipinski definition) is 2. The quantitative estimate of drug-likeness (QED) is 0.721. The molecule has 0 aliphatic heterocycles. The van der Waals surface area contributed by atoms with Gasteiger partial charge in [-0.1, -0.05) is 13.0 Å². The van der Waals surface area contributed by atoms with Gasteiger partial charge in [-0.05, 0) is 35.6 Å². The van der Waals surface area contributed by atoms with Crippen LogP contribution in [0.15, 0.2) is 18.2 Å². The second kappa shape index (κ2) is 3.09. The van der Waals surface area contributed by atoms with Crippen molar-refractivity contribution < 1.29 is 9.53 Å². The summed E-state index contributed by atoms with van der Waals surface area (Å²) in [6, 6.07) is 6.27. The molecule has 0 aromatic heterocycles. The van der Waals surface area contributed by atoms with E-state index in [2.05, 4.69) is 19.1 Å². The van der Waals surface area contributed by atoms with E-state index in [1.54, 1.807) is 7.11 Å². The number of carbonyl (C=O) groups is 1. The fourth-order valence-corrected chi connectivity index (χ4v) is 3.45. The highest BCUT2D eigenvalue weighted by Gasteiger charge is 2.46. The molecule has 1 aromatic carbocycles. The van der Waals surface area contributed by atoms with Crippen LogP contribution in [0.3, 0.4) is 0 Å². The molecule has 84 valence electrons. The molecule has 2 nitrogen and oxygen atoms in total. The lowest BCUT2D eigenvalue weighted by Crippen LogP contribution is -2.27. The van der Waals surface area contributed by atoms with Crippen molar-refractivity contribution in [2.75, 3.05) is 7.11 Å². The van der Waals surface area contributed by atoms with Crippen LogP contribution in [0.5, 0.6) is 5.75 Å². The molecular formula is C14H16O2. The fraction of sp³-hybridized carbons (Fsp3) is 0.500. The summed E-state index contributed by atoms with van der Waals surface area (Å²) in [7, 11) is 1.69. The lowest BCUT2D eigenvalue weighted by atomic mass is 9.74. The van der Waals surface area contributed by atoms with E-state index in [4.69, 9.17) is 4.74 Å². The molecule has 0 N–H and O–H groups in total. The molecule has 0 spiro atoms. The average Bonchev–Trinajstić information content (AvgIpc) is 2.46. The molecule has 1 saturated carbocycles. The Morgan fingerprint density at radius 1 is 1.44 bits per heavy atom. The SMILES string of the molecule is COc1ccc2c(c1)[C@@H]1CC(=O)C[C@@]2(C)C1. The highest BCUT2D eigenvalue weighted by Crippen LogP contribution is 2.53. The number of Topliss-reactive ketones (excluding diaryl/α,β-unsaturated/α-hetero) is 1. The normalized spacial score (nSPS) is 31.4. The molecule has 0 saturated heterocycles. The zero-order chi connectivity index (χ0) is 11.3. The molecule has 2 aliphatic rings. The predicted octanol–water partition coefficient (Wildman–Crippen LogP) is 2.80. The minimum atomic E-state index is 0.0849. The Kier molecular flexibility index (Phi) is 1.91. The summed E-state index contributed by atoms with van der Waals surface area (Å²) in [4.78, 5) is 11.7. The molecule has 3 rings (SSSR count). The third-order valence-electron chi connectivity index (χ3n) is 4.11. The summed E-state index contributed by atoms with van der Waals surface area (Å²) < 4.78 is 5.26. The van der Waals surface area contributed by atoms with E-state index in [9.17, 15) is 4.79 Å². The van der Waals surface area contributed by atoms with E-state index in [0.717, 1.165) is 18.6 Å². The van der Waals surface area contributed by atoms with Gasteiger partial charge in [-0.2, -0.15) is 0 Å². The zero-order valence-electron chi connectivity index (χ0n) is 9.75. The number of carbonyl (C=O) groups excluding carboxylic acids is 1. The van der Waals surface area contributed by atoms with Gasteiger partial charge in [0.2, 0.25) is 0 Å². The molecule has 16 heavy (non-hydrogen) atoms. The largest absolute Gasteiger partial charge is 0.497 e. The van der Waals surface area contributed by atoms with Crippen LogP contribution in [0.1, 0.15) is 43.2 Å². The van der Waals surface area contributed by atoms with E-state index in [-0.39, 0.29) is 5.41 Å². The van der Waals surface area contributed by atoms with Crippen LogP contribution in [0.25, 0.3) is 0 Å². The molecule has 2 atom stereocenters. The molecule has 0 amide bonds. The monoisotopic (exact) mass is 216 g/mol. The number of rotatable bonds is 1. The lowest BCUT2D eigenvalue weighted by Gasteiger charge is -2.28. The van der Waals surface area contributed by atoms with Crippen molar-refractivity contribution in [3.8, 4) is 5.75 Å². The molecule has 0 radical (unpaired) electrons. The van der Waals surface area contributed by atoms with Gasteiger partial charge in [0.15, 0.2) is 0 Å². The topological polar surface area (TPSA) is 26.3 Å². The Hall–Kier alpha value is -1.31. The first-order valence-corrected chi connectivity index (χ1v) is 5.82. The first kappa shape index (κ1) is 9.88. The maximum Gasteiger partial charge on any atom is 0.134 e. The van der Waals surface area contributed by atoms with Crippen LogP contribution >= 0.6 is 0 Å². The third kappa shape index (κ3) is 1.22. The van der Waals surface area contributed by atoms with Gasteiger partial charge in [0.25, 0.3) is 0 Å². The Labute approximate surface area is 95.6 Å². The van der Waals surface area contributed by atoms with Crippen molar-refractivity contribution in [3.05, 3.63) is 29.3 Å². The van der Waals surface area contributed by atoms with E-state index >= 15 is 0 Å². The minimum absolute atomic E-state index is 0.0849. The van der Waals surface area contributed by atoms with Gasteiger partial charge in [0.1, 0.15) is 11.5 Å². The van der Waals surface area contributed by atoms with Gasteiger partial charge >= 0.3 is 0 Å². The smallest absolute Gasteiger partial charge is 0.134 e. The van der Waals surface area contributed by atoms with Crippen molar-refractivity contribution in [1.29, 1.82) is 0 Å². The zero-order valence-corrected chi connectivity index (χ0v) is 9.75. The van der Waals surface area contributed by atoms with Crippen LogP contribution in [0.4, 0.5) is 0 Å². The highest BCUT2D eigenvalue weighted by atomic mass is 16.5. The molecule has 1 fully saturated rings. The number of ether oxygens (including phenoxy) is 1. The van der Waals surface area contributed by atoms with Gasteiger partial charge in [-0.25, -0.2) is 0 Å². The Morgan fingerprint density at radius 2 is 2.25 bits per heavy atom. The molecule has 2 bridgehead atoms. The second-order valence-electron chi connectivity index (χ2n) is 5.33. The van der Waals surface area contributed by atoms with Gasteiger partial charge in [0, 0.05) is 18.3 Å². The van der Waals surface area contributed by atoms with Crippen molar-refractivity contribution in [2.24, 2.45) is 0 Å². The summed E-state index contributed by atoms with van der Waals surface area (Å²) in [5.41, 5.74) is 2.79. The summed E-state index contributed by atoms with van der Waals surface area (Å²) in [5, 5.41) is 0. The molecule has 0 unspecified atom stereocenters. The lowest BCUT2D eigenvalue weighted by molar-refractivity contribution is -0.121. The Bertz CT molecular complexity index is 464. The molecule has 0 heterocycles. The van der Waals surface area contributed by atoms with E-state index < -0.39 is 0 Å². The van der Waals surface area contributed by atoms with Crippen LogP contribution in [-0.2, 0) is 10.2 Å². The van der Waals surface area contributed by atoms with Crippen molar-refractivity contribution in [2.45, 2.75) is 37.5 Å². The summed E-state index contributed by atoms with van der Waals surface area (Å²) >= 11 is 0. The van der Waals surface area contributed by atoms with Crippen molar-refractivity contribution >= 4 is 5.78 Å². The Morgan fingerprint density at radius 3 is 3.00 bits per heavy atom. The van der Waals surface area contributed by atoms with Crippen molar-refractivity contribution in [3.63, 3.8) is 0 Å². The maximum absolute atomic E-state index is 11.7. The molecule has 1 aromatic rings. The fourth-order valence-electron chi connectivity index (χ4n) is 3.45. The summed E-state index contributed by atoms with van der Waals surface area (Å²) in [5.74, 6) is 1.74. The van der Waals surface area contributed by atoms with Crippen LogP contribution in [-0.4, -0.2) is 12.9 Å².